The lowest BCUT2D eigenvalue weighted by atomic mass is 9.94. The second kappa shape index (κ2) is 6.65. The van der Waals surface area contributed by atoms with Crippen LogP contribution in [0.2, 0.25) is 0 Å². The fourth-order valence-electron chi connectivity index (χ4n) is 3.04. The normalized spacial score (nSPS) is 10.6. The van der Waals surface area contributed by atoms with E-state index >= 15 is 0 Å². The fourth-order valence-corrected chi connectivity index (χ4v) is 3.04. The van der Waals surface area contributed by atoms with Crippen molar-refractivity contribution in [3.63, 3.8) is 0 Å². The number of aryl methyl sites for hydroxylation is 1. The molecule has 4 aromatic rings. The van der Waals surface area contributed by atoms with Crippen LogP contribution in [-0.2, 0) is 0 Å². The van der Waals surface area contributed by atoms with Gasteiger partial charge in [0.2, 0.25) is 0 Å². The van der Waals surface area contributed by atoms with Crippen LogP contribution >= 0.6 is 0 Å². The molecule has 3 heterocycles. The lowest BCUT2D eigenvalue weighted by molar-refractivity contribution is 1.22. The van der Waals surface area contributed by atoms with Gasteiger partial charge in [-0.15, -0.1) is 0 Å². The second-order valence-corrected chi connectivity index (χ2v) is 5.83. The summed E-state index contributed by atoms with van der Waals surface area (Å²) in [5.74, 6) is 0. The number of hydrogen-bond acceptors (Lipinski definition) is 3. The molecule has 3 aromatic heterocycles. The molecule has 120 valence electrons. The quantitative estimate of drug-likeness (QED) is 0.521. The van der Waals surface area contributed by atoms with Crippen LogP contribution in [-0.4, -0.2) is 15.0 Å². The number of benzene rings is 1. The molecular formula is C22H17N3. The van der Waals surface area contributed by atoms with Gasteiger partial charge < -0.3 is 0 Å². The number of pyridine rings is 3. The van der Waals surface area contributed by atoms with Crippen LogP contribution in [0, 0.1) is 6.92 Å². The molecule has 0 amide bonds. The molecule has 0 spiro atoms. The van der Waals surface area contributed by atoms with Gasteiger partial charge in [-0.1, -0.05) is 36.4 Å². The predicted octanol–water partition coefficient (Wildman–Crippen LogP) is 5.18. The highest BCUT2D eigenvalue weighted by molar-refractivity contribution is 5.88. The molecule has 0 aliphatic rings. The molecule has 0 saturated heterocycles. The first-order chi connectivity index (χ1) is 12.3. The van der Waals surface area contributed by atoms with E-state index in [9.17, 15) is 0 Å². The molecule has 0 aliphatic carbocycles. The molecule has 1 aromatic carbocycles. The summed E-state index contributed by atoms with van der Waals surface area (Å²) in [6, 6.07) is 22.3. The van der Waals surface area contributed by atoms with Crippen molar-refractivity contribution in [3.05, 3.63) is 90.9 Å². The number of hydrogen-bond donors (Lipinski definition) is 0. The Kier molecular flexibility index (Phi) is 4.05. The highest BCUT2D eigenvalue weighted by Crippen LogP contribution is 2.36. The maximum absolute atomic E-state index is 4.70. The van der Waals surface area contributed by atoms with Gasteiger partial charge in [-0.05, 0) is 48.4 Å². The van der Waals surface area contributed by atoms with Crippen molar-refractivity contribution >= 4 is 0 Å². The number of nitrogens with zero attached hydrogens (tertiary/aromatic N) is 3. The van der Waals surface area contributed by atoms with Gasteiger partial charge in [0, 0.05) is 29.7 Å². The maximum atomic E-state index is 4.70. The van der Waals surface area contributed by atoms with Crippen molar-refractivity contribution in [3.8, 4) is 33.8 Å². The summed E-state index contributed by atoms with van der Waals surface area (Å²) in [5.41, 5.74) is 7.08. The van der Waals surface area contributed by atoms with E-state index in [1.165, 1.54) is 5.56 Å². The van der Waals surface area contributed by atoms with Gasteiger partial charge in [0.25, 0.3) is 0 Å². The monoisotopic (exact) mass is 323 g/mol. The zero-order chi connectivity index (χ0) is 17.1. The molecule has 0 saturated carbocycles. The Bertz CT molecular complexity index is 996. The van der Waals surface area contributed by atoms with Crippen molar-refractivity contribution < 1.29 is 0 Å². The fraction of sp³-hybridized carbons (Fsp3) is 0.0455. The molecule has 0 radical (unpaired) electrons. The van der Waals surface area contributed by atoms with E-state index in [-0.39, 0.29) is 0 Å². The summed E-state index contributed by atoms with van der Waals surface area (Å²) in [4.78, 5) is 13.8. The highest BCUT2D eigenvalue weighted by Gasteiger charge is 2.16. The summed E-state index contributed by atoms with van der Waals surface area (Å²) in [7, 11) is 0. The van der Waals surface area contributed by atoms with Crippen molar-refractivity contribution in [2.75, 3.05) is 0 Å². The molecule has 25 heavy (non-hydrogen) atoms. The lowest BCUT2D eigenvalue weighted by Crippen LogP contribution is -1.96. The minimum absolute atomic E-state index is 0.846. The second-order valence-electron chi connectivity index (χ2n) is 5.83. The summed E-state index contributed by atoms with van der Waals surface area (Å²) >= 11 is 0. The molecule has 0 aliphatic heterocycles. The van der Waals surface area contributed by atoms with Crippen LogP contribution in [0.15, 0.2) is 85.3 Å². The largest absolute Gasteiger partial charge is 0.256 e. The Morgan fingerprint density at radius 3 is 2.16 bits per heavy atom. The van der Waals surface area contributed by atoms with Gasteiger partial charge in [-0.3, -0.25) is 15.0 Å². The molecule has 0 atom stereocenters. The first-order valence-electron chi connectivity index (χ1n) is 8.22. The third-order valence-electron chi connectivity index (χ3n) is 4.19. The van der Waals surface area contributed by atoms with E-state index in [0.717, 1.165) is 33.8 Å². The SMILES string of the molecule is Cc1ccnc(-c2cccnc2-c2ccccn2)c1-c1ccccc1. The Balaban J connectivity index is 1.98. The van der Waals surface area contributed by atoms with Crippen molar-refractivity contribution in [2.45, 2.75) is 6.92 Å². The molecule has 0 bridgehead atoms. The van der Waals surface area contributed by atoms with Gasteiger partial charge in [0.15, 0.2) is 0 Å². The van der Waals surface area contributed by atoms with E-state index in [2.05, 4.69) is 47.2 Å². The molecule has 4 rings (SSSR count). The third kappa shape index (κ3) is 2.92. The average molecular weight is 323 g/mol. The van der Waals surface area contributed by atoms with Crippen LogP contribution < -0.4 is 0 Å². The summed E-state index contributed by atoms with van der Waals surface area (Å²) in [6.45, 7) is 2.12. The molecular weight excluding hydrogens is 306 g/mol. The van der Waals surface area contributed by atoms with Gasteiger partial charge in [0.1, 0.15) is 0 Å². The first-order valence-corrected chi connectivity index (χ1v) is 8.22. The lowest BCUT2D eigenvalue weighted by Gasteiger charge is -2.14. The van der Waals surface area contributed by atoms with E-state index in [1.54, 1.807) is 12.4 Å². The van der Waals surface area contributed by atoms with Gasteiger partial charge in [-0.25, -0.2) is 0 Å². The molecule has 0 unspecified atom stereocenters. The minimum atomic E-state index is 0.846. The minimum Gasteiger partial charge on any atom is -0.256 e. The number of rotatable bonds is 3. The first kappa shape index (κ1) is 15.2. The topological polar surface area (TPSA) is 38.7 Å². The van der Waals surface area contributed by atoms with E-state index in [0.29, 0.717) is 0 Å². The van der Waals surface area contributed by atoms with Crippen molar-refractivity contribution in [1.82, 2.24) is 15.0 Å². The Morgan fingerprint density at radius 2 is 1.36 bits per heavy atom. The van der Waals surface area contributed by atoms with E-state index in [1.807, 2.05) is 42.6 Å². The predicted molar refractivity (Wildman–Crippen MR) is 101 cm³/mol. The van der Waals surface area contributed by atoms with Crippen LogP contribution in [0.3, 0.4) is 0 Å². The van der Waals surface area contributed by atoms with Crippen LogP contribution in [0.25, 0.3) is 33.8 Å². The van der Waals surface area contributed by atoms with Crippen molar-refractivity contribution in [1.29, 1.82) is 0 Å². The summed E-state index contributed by atoms with van der Waals surface area (Å²) in [5, 5.41) is 0. The molecule has 0 N–H and O–H groups in total. The third-order valence-corrected chi connectivity index (χ3v) is 4.19. The Hall–Kier alpha value is -3.33. The zero-order valence-electron chi connectivity index (χ0n) is 13.9. The number of aromatic nitrogens is 3. The van der Waals surface area contributed by atoms with E-state index in [4.69, 9.17) is 4.98 Å². The zero-order valence-corrected chi connectivity index (χ0v) is 13.9. The Morgan fingerprint density at radius 1 is 0.600 bits per heavy atom. The molecule has 0 fully saturated rings. The van der Waals surface area contributed by atoms with Crippen LogP contribution in [0.5, 0.6) is 0 Å². The highest BCUT2D eigenvalue weighted by atomic mass is 14.8. The van der Waals surface area contributed by atoms with Gasteiger partial charge in [0.05, 0.1) is 17.1 Å². The van der Waals surface area contributed by atoms with Gasteiger partial charge >= 0.3 is 0 Å². The summed E-state index contributed by atoms with van der Waals surface area (Å²) in [6.07, 6.45) is 5.44. The van der Waals surface area contributed by atoms with Gasteiger partial charge in [-0.2, -0.15) is 0 Å². The molecule has 3 nitrogen and oxygen atoms in total. The maximum Gasteiger partial charge on any atom is 0.0980 e. The molecule has 3 heteroatoms. The van der Waals surface area contributed by atoms with Crippen molar-refractivity contribution in [2.24, 2.45) is 0 Å². The summed E-state index contributed by atoms with van der Waals surface area (Å²) < 4.78 is 0. The van der Waals surface area contributed by atoms with Crippen LogP contribution in [0.1, 0.15) is 5.56 Å². The standard InChI is InChI=1S/C22H17N3/c1-16-12-15-25-22(20(16)17-8-3-2-4-9-17)18-10-7-14-24-21(18)19-11-5-6-13-23-19/h2-15H,1H3. The smallest absolute Gasteiger partial charge is 0.0980 e. The average Bonchev–Trinajstić information content (AvgIpc) is 2.69. The van der Waals surface area contributed by atoms with E-state index < -0.39 is 0 Å². The van der Waals surface area contributed by atoms with Crippen LogP contribution in [0.4, 0.5) is 0 Å². The Labute approximate surface area is 147 Å².